The third-order valence-corrected chi connectivity index (χ3v) is 4.35. The smallest absolute Gasteiger partial charge is 0.303 e. The Morgan fingerprint density at radius 1 is 1.32 bits per heavy atom. The second-order valence-corrected chi connectivity index (χ2v) is 6.05. The van der Waals surface area contributed by atoms with Crippen LogP contribution in [-0.2, 0) is 9.59 Å². The molecule has 1 N–H and O–H groups in total. The van der Waals surface area contributed by atoms with Crippen LogP contribution in [0.5, 0.6) is 0 Å². The van der Waals surface area contributed by atoms with Crippen molar-refractivity contribution in [1.82, 2.24) is 4.90 Å². The number of carboxylic acid groups (broad SMARTS) is 1. The summed E-state index contributed by atoms with van der Waals surface area (Å²) in [5.41, 5.74) is 0.566. The predicted molar refractivity (Wildman–Crippen MR) is 81.0 cm³/mol. The molecule has 1 unspecified atom stereocenters. The molecular formula is C17H22FNO3. The molecule has 1 amide bonds. The van der Waals surface area contributed by atoms with Gasteiger partial charge in [0.1, 0.15) is 5.82 Å². The maximum atomic E-state index is 13.7. The monoisotopic (exact) mass is 307 g/mol. The molecular weight excluding hydrogens is 285 g/mol. The van der Waals surface area contributed by atoms with Crippen LogP contribution in [0.3, 0.4) is 0 Å². The fourth-order valence-corrected chi connectivity index (χ4v) is 3.01. The van der Waals surface area contributed by atoms with E-state index in [0.29, 0.717) is 18.7 Å². The minimum absolute atomic E-state index is 0.0181. The first-order valence-electron chi connectivity index (χ1n) is 7.71. The molecule has 1 atom stereocenters. The van der Waals surface area contributed by atoms with Crippen molar-refractivity contribution in [3.05, 3.63) is 35.6 Å². The Bertz CT molecular complexity index is 538. The quantitative estimate of drug-likeness (QED) is 0.909. The maximum Gasteiger partial charge on any atom is 0.303 e. The van der Waals surface area contributed by atoms with Crippen molar-refractivity contribution in [2.45, 2.75) is 38.5 Å². The van der Waals surface area contributed by atoms with Gasteiger partial charge in [-0.3, -0.25) is 9.59 Å². The average molecular weight is 307 g/mol. The zero-order valence-corrected chi connectivity index (χ0v) is 12.8. The standard InChI is InChI=1S/C17H22FNO3/c1-12(14-4-2-3-5-15(14)18)10-16(20)19-8-6-13(7-9-19)11-17(21)22/h2-5,12-13H,6-11H2,1H3,(H,21,22). The van der Waals surface area contributed by atoms with Crippen molar-refractivity contribution in [2.75, 3.05) is 13.1 Å². The minimum atomic E-state index is -0.780. The summed E-state index contributed by atoms with van der Waals surface area (Å²) in [6.07, 6.45) is 1.91. The number of halogens is 1. The summed E-state index contributed by atoms with van der Waals surface area (Å²) in [4.78, 5) is 24.8. The summed E-state index contributed by atoms with van der Waals surface area (Å²) < 4.78 is 13.7. The molecule has 22 heavy (non-hydrogen) atoms. The molecule has 0 bridgehead atoms. The minimum Gasteiger partial charge on any atom is -0.481 e. The molecule has 4 nitrogen and oxygen atoms in total. The van der Waals surface area contributed by atoms with E-state index >= 15 is 0 Å². The molecule has 5 heteroatoms. The Morgan fingerprint density at radius 2 is 1.95 bits per heavy atom. The van der Waals surface area contributed by atoms with Crippen LogP contribution in [0.25, 0.3) is 0 Å². The zero-order chi connectivity index (χ0) is 16.1. The van der Waals surface area contributed by atoms with Gasteiger partial charge < -0.3 is 10.0 Å². The largest absolute Gasteiger partial charge is 0.481 e. The van der Waals surface area contributed by atoms with Crippen LogP contribution in [0.15, 0.2) is 24.3 Å². The molecule has 2 rings (SSSR count). The van der Waals surface area contributed by atoms with Gasteiger partial charge in [0, 0.05) is 25.9 Å². The van der Waals surface area contributed by atoms with Crippen molar-refractivity contribution in [3.63, 3.8) is 0 Å². The van der Waals surface area contributed by atoms with E-state index in [1.165, 1.54) is 6.07 Å². The van der Waals surface area contributed by atoms with Crippen LogP contribution in [0.2, 0.25) is 0 Å². The second-order valence-electron chi connectivity index (χ2n) is 6.05. The van der Waals surface area contributed by atoms with Gasteiger partial charge in [0.25, 0.3) is 0 Å². The highest BCUT2D eigenvalue weighted by atomic mass is 19.1. The van der Waals surface area contributed by atoms with E-state index in [9.17, 15) is 14.0 Å². The lowest BCUT2D eigenvalue weighted by molar-refractivity contribution is -0.138. The highest BCUT2D eigenvalue weighted by molar-refractivity contribution is 5.77. The predicted octanol–water partition coefficient (Wildman–Crippen LogP) is 3.03. The van der Waals surface area contributed by atoms with Crippen LogP contribution < -0.4 is 0 Å². The summed E-state index contributed by atoms with van der Waals surface area (Å²) in [5, 5.41) is 8.80. The Balaban J connectivity index is 1.86. The molecule has 1 aromatic rings. The number of piperidine rings is 1. The first kappa shape index (κ1) is 16.5. The summed E-state index contributed by atoms with van der Waals surface area (Å²) in [5.74, 6) is -1.04. The van der Waals surface area contributed by atoms with Crippen LogP contribution in [0.1, 0.15) is 44.1 Å². The van der Waals surface area contributed by atoms with Gasteiger partial charge in [-0.05, 0) is 36.3 Å². The van der Waals surface area contributed by atoms with Crippen LogP contribution >= 0.6 is 0 Å². The highest BCUT2D eigenvalue weighted by Crippen LogP contribution is 2.25. The normalized spacial score (nSPS) is 17.3. The number of rotatable bonds is 5. The van der Waals surface area contributed by atoms with Gasteiger partial charge in [0.05, 0.1) is 0 Å². The molecule has 1 saturated heterocycles. The molecule has 0 aliphatic carbocycles. The van der Waals surface area contributed by atoms with Gasteiger partial charge >= 0.3 is 5.97 Å². The van der Waals surface area contributed by atoms with Crippen molar-refractivity contribution >= 4 is 11.9 Å². The maximum absolute atomic E-state index is 13.7. The third-order valence-electron chi connectivity index (χ3n) is 4.35. The molecule has 1 aromatic carbocycles. The van der Waals surface area contributed by atoms with Crippen molar-refractivity contribution < 1.29 is 19.1 Å². The number of hydrogen-bond donors (Lipinski definition) is 1. The number of carbonyl (C=O) groups is 2. The number of likely N-dealkylation sites (tertiary alicyclic amines) is 1. The van der Waals surface area contributed by atoms with E-state index < -0.39 is 5.97 Å². The summed E-state index contributed by atoms with van der Waals surface area (Å²) in [7, 11) is 0. The van der Waals surface area contributed by atoms with E-state index in [4.69, 9.17) is 5.11 Å². The van der Waals surface area contributed by atoms with Gasteiger partial charge in [-0.1, -0.05) is 25.1 Å². The fourth-order valence-electron chi connectivity index (χ4n) is 3.01. The molecule has 1 aliphatic heterocycles. The Kier molecular flexibility index (Phi) is 5.52. The van der Waals surface area contributed by atoms with Crippen LogP contribution in [-0.4, -0.2) is 35.0 Å². The number of hydrogen-bond acceptors (Lipinski definition) is 2. The van der Waals surface area contributed by atoms with Crippen molar-refractivity contribution in [2.24, 2.45) is 5.92 Å². The molecule has 0 radical (unpaired) electrons. The van der Waals surface area contributed by atoms with E-state index in [-0.39, 0.29) is 36.4 Å². The van der Waals surface area contributed by atoms with Gasteiger partial charge in [-0.25, -0.2) is 4.39 Å². The third kappa shape index (κ3) is 4.29. The summed E-state index contributed by atoms with van der Waals surface area (Å²) in [6, 6.07) is 6.54. The molecule has 1 fully saturated rings. The van der Waals surface area contributed by atoms with Crippen molar-refractivity contribution in [3.8, 4) is 0 Å². The Morgan fingerprint density at radius 3 is 2.55 bits per heavy atom. The molecule has 0 aromatic heterocycles. The average Bonchev–Trinajstić information content (AvgIpc) is 2.47. The number of amides is 1. The van der Waals surface area contributed by atoms with Gasteiger partial charge in [0.2, 0.25) is 5.91 Å². The number of carbonyl (C=O) groups excluding carboxylic acids is 1. The van der Waals surface area contributed by atoms with Crippen molar-refractivity contribution in [1.29, 1.82) is 0 Å². The molecule has 1 heterocycles. The van der Waals surface area contributed by atoms with E-state index in [1.807, 2.05) is 6.92 Å². The summed E-state index contributed by atoms with van der Waals surface area (Å²) in [6.45, 7) is 3.05. The topological polar surface area (TPSA) is 57.6 Å². The first-order valence-corrected chi connectivity index (χ1v) is 7.71. The first-order chi connectivity index (χ1) is 10.5. The Hall–Kier alpha value is -1.91. The second kappa shape index (κ2) is 7.38. The number of nitrogens with zero attached hydrogens (tertiary/aromatic N) is 1. The molecule has 120 valence electrons. The summed E-state index contributed by atoms with van der Waals surface area (Å²) >= 11 is 0. The van der Waals surface area contributed by atoms with E-state index in [1.54, 1.807) is 23.1 Å². The highest BCUT2D eigenvalue weighted by Gasteiger charge is 2.25. The molecule has 0 saturated carbocycles. The lowest BCUT2D eigenvalue weighted by Gasteiger charge is -2.32. The van der Waals surface area contributed by atoms with Crippen LogP contribution in [0, 0.1) is 11.7 Å². The molecule has 0 spiro atoms. The lowest BCUT2D eigenvalue weighted by atomic mass is 9.92. The van der Waals surface area contributed by atoms with Crippen LogP contribution in [0.4, 0.5) is 4.39 Å². The van der Waals surface area contributed by atoms with Gasteiger partial charge in [-0.2, -0.15) is 0 Å². The fraction of sp³-hybridized carbons (Fsp3) is 0.529. The molecule has 1 aliphatic rings. The Labute approximate surface area is 129 Å². The zero-order valence-electron chi connectivity index (χ0n) is 12.8. The number of benzene rings is 1. The van der Waals surface area contributed by atoms with Gasteiger partial charge in [-0.15, -0.1) is 0 Å². The number of aliphatic carboxylic acids is 1. The number of carboxylic acids is 1. The van der Waals surface area contributed by atoms with E-state index in [0.717, 1.165) is 12.8 Å². The lowest BCUT2D eigenvalue weighted by Crippen LogP contribution is -2.39. The SMILES string of the molecule is CC(CC(=O)N1CCC(CC(=O)O)CC1)c1ccccc1F. The van der Waals surface area contributed by atoms with E-state index in [2.05, 4.69) is 0 Å². The van der Waals surface area contributed by atoms with Gasteiger partial charge in [0.15, 0.2) is 0 Å².